The molecule has 24 heavy (non-hydrogen) atoms. The fourth-order valence-corrected chi connectivity index (χ4v) is 2.94. The number of hydrogen-bond donors (Lipinski definition) is 3. The van der Waals surface area contributed by atoms with Crippen molar-refractivity contribution in [1.82, 2.24) is 16.0 Å². The number of nitrogens with zero attached hydrogens (tertiary/aromatic N) is 1. The number of carbonyl (C=O) groups is 1. The van der Waals surface area contributed by atoms with Crippen molar-refractivity contribution in [2.75, 3.05) is 26.2 Å². The van der Waals surface area contributed by atoms with Crippen molar-refractivity contribution in [3.63, 3.8) is 0 Å². The minimum atomic E-state index is 0. The Balaban J connectivity index is 0.00000529. The molecular weight excluding hydrogens is 435 g/mol. The SMILES string of the molecule is CCCNC(=O)CCNC(=NCC(C)Cc1cccs1)NCC.I. The highest BCUT2D eigenvalue weighted by molar-refractivity contribution is 14.0. The molecule has 0 radical (unpaired) electrons. The summed E-state index contributed by atoms with van der Waals surface area (Å²) in [4.78, 5) is 17.6. The van der Waals surface area contributed by atoms with Gasteiger partial charge in [0.25, 0.3) is 0 Å². The van der Waals surface area contributed by atoms with E-state index in [4.69, 9.17) is 0 Å². The van der Waals surface area contributed by atoms with E-state index in [0.717, 1.165) is 38.4 Å². The molecule has 0 aliphatic rings. The molecule has 0 aliphatic carbocycles. The average Bonchev–Trinajstić information content (AvgIpc) is 3.03. The van der Waals surface area contributed by atoms with Crippen molar-refractivity contribution >= 4 is 47.2 Å². The maximum absolute atomic E-state index is 11.6. The highest BCUT2D eigenvalue weighted by Gasteiger charge is 2.06. The van der Waals surface area contributed by atoms with E-state index in [2.05, 4.69) is 45.4 Å². The van der Waals surface area contributed by atoms with Crippen LogP contribution in [0.5, 0.6) is 0 Å². The van der Waals surface area contributed by atoms with Crippen LogP contribution in [0.1, 0.15) is 38.5 Å². The van der Waals surface area contributed by atoms with Gasteiger partial charge in [-0.15, -0.1) is 35.3 Å². The smallest absolute Gasteiger partial charge is 0.221 e. The third-order valence-corrected chi connectivity index (χ3v) is 4.15. The zero-order valence-electron chi connectivity index (χ0n) is 14.9. The zero-order valence-corrected chi connectivity index (χ0v) is 18.1. The summed E-state index contributed by atoms with van der Waals surface area (Å²) >= 11 is 1.80. The molecule has 1 aromatic heterocycles. The van der Waals surface area contributed by atoms with Gasteiger partial charge in [-0.05, 0) is 37.1 Å². The number of amides is 1. The Morgan fingerprint density at radius 2 is 2.04 bits per heavy atom. The van der Waals surface area contributed by atoms with Crippen LogP contribution in [-0.2, 0) is 11.2 Å². The van der Waals surface area contributed by atoms with Gasteiger partial charge in [0.15, 0.2) is 5.96 Å². The van der Waals surface area contributed by atoms with Crippen molar-refractivity contribution in [2.45, 2.75) is 40.0 Å². The van der Waals surface area contributed by atoms with Gasteiger partial charge in [0.2, 0.25) is 5.91 Å². The van der Waals surface area contributed by atoms with Gasteiger partial charge < -0.3 is 16.0 Å². The summed E-state index contributed by atoms with van der Waals surface area (Å²) < 4.78 is 0. The van der Waals surface area contributed by atoms with E-state index in [-0.39, 0.29) is 29.9 Å². The minimum Gasteiger partial charge on any atom is -0.357 e. The highest BCUT2D eigenvalue weighted by Crippen LogP contribution is 2.14. The number of hydrogen-bond acceptors (Lipinski definition) is 3. The van der Waals surface area contributed by atoms with Crippen molar-refractivity contribution in [1.29, 1.82) is 0 Å². The number of aliphatic imine (C=N–C) groups is 1. The molecule has 0 bridgehead atoms. The molecule has 1 atom stereocenters. The molecule has 7 heteroatoms. The highest BCUT2D eigenvalue weighted by atomic mass is 127. The van der Waals surface area contributed by atoms with Gasteiger partial charge in [0.1, 0.15) is 0 Å². The quantitative estimate of drug-likeness (QED) is 0.282. The number of halogens is 1. The molecule has 1 unspecified atom stereocenters. The van der Waals surface area contributed by atoms with Gasteiger partial charge in [-0.2, -0.15) is 0 Å². The van der Waals surface area contributed by atoms with Crippen molar-refractivity contribution in [3.05, 3.63) is 22.4 Å². The third-order valence-electron chi connectivity index (χ3n) is 3.25. The van der Waals surface area contributed by atoms with Crippen molar-refractivity contribution in [2.24, 2.45) is 10.9 Å². The summed E-state index contributed by atoms with van der Waals surface area (Å²) in [6, 6.07) is 4.26. The second-order valence-electron chi connectivity index (χ2n) is 5.64. The van der Waals surface area contributed by atoms with Gasteiger partial charge in [-0.1, -0.05) is 19.9 Å². The summed E-state index contributed by atoms with van der Waals surface area (Å²) in [6.07, 6.45) is 2.49. The first-order valence-corrected chi connectivity index (χ1v) is 9.34. The Kier molecular flexibility index (Phi) is 14.0. The van der Waals surface area contributed by atoms with Crippen LogP contribution in [0.2, 0.25) is 0 Å². The summed E-state index contributed by atoms with van der Waals surface area (Å²) in [7, 11) is 0. The molecule has 0 fully saturated rings. The molecule has 0 spiro atoms. The zero-order chi connectivity index (χ0) is 16.9. The van der Waals surface area contributed by atoms with E-state index < -0.39 is 0 Å². The van der Waals surface area contributed by atoms with Crippen LogP contribution in [0.15, 0.2) is 22.5 Å². The van der Waals surface area contributed by atoms with Crippen LogP contribution in [0.3, 0.4) is 0 Å². The van der Waals surface area contributed by atoms with E-state index in [1.165, 1.54) is 4.88 Å². The maximum atomic E-state index is 11.6. The molecule has 1 rings (SSSR count). The Bertz CT molecular complexity index is 465. The third kappa shape index (κ3) is 10.9. The molecule has 0 aromatic carbocycles. The second-order valence-corrected chi connectivity index (χ2v) is 6.67. The summed E-state index contributed by atoms with van der Waals surface area (Å²) in [6.45, 7) is 9.23. The maximum Gasteiger partial charge on any atom is 0.221 e. The van der Waals surface area contributed by atoms with E-state index >= 15 is 0 Å². The normalized spacial score (nSPS) is 12.2. The number of nitrogens with one attached hydrogen (secondary N) is 3. The summed E-state index contributed by atoms with van der Waals surface area (Å²) in [5.74, 6) is 1.37. The van der Waals surface area contributed by atoms with E-state index in [0.29, 0.717) is 18.9 Å². The number of guanidine groups is 1. The van der Waals surface area contributed by atoms with Crippen LogP contribution < -0.4 is 16.0 Å². The predicted octanol–water partition coefficient (Wildman–Crippen LogP) is 3.02. The molecular formula is C17H31IN4OS. The molecule has 0 aliphatic heterocycles. The Hall–Kier alpha value is -0.830. The lowest BCUT2D eigenvalue weighted by atomic mass is 10.1. The van der Waals surface area contributed by atoms with Gasteiger partial charge in [0.05, 0.1) is 0 Å². The number of rotatable bonds is 10. The number of thiophene rings is 1. The Morgan fingerprint density at radius 3 is 2.67 bits per heavy atom. The van der Waals surface area contributed by atoms with Crippen LogP contribution in [0, 0.1) is 5.92 Å². The van der Waals surface area contributed by atoms with E-state index in [9.17, 15) is 4.79 Å². The fraction of sp³-hybridized carbons (Fsp3) is 0.647. The summed E-state index contributed by atoms with van der Waals surface area (Å²) in [5.41, 5.74) is 0. The van der Waals surface area contributed by atoms with E-state index in [1.807, 2.05) is 13.8 Å². The minimum absolute atomic E-state index is 0. The lowest BCUT2D eigenvalue weighted by Crippen LogP contribution is -2.39. The molecule has 1 heterocycles. The second kappa shape index (κ2) is 14.5. The van der Waals surface area contributed by atoms with Gasteiger partial charge in [-0.25, -0.2) is 0 Å². The first kappa shape index (κ1) is 23.2. The standard InChI is InChI=1S/C17H30N4OS.HI/c1-4-9-19-16(22)8-10-20-17(18-5-2)21-13-14(3)12-15-7-6-11-23-15;/h6-7,11,14H,4-5,8-10,12-13H2,1-3H3,(H,19,22)(H2,18,20,21);1H. The molecule has 0 saturated carbocycles. The lowest BCUT2D eigenvalue weighted by Gasteiger charge is -2.13. The van der Waals surface area contributed by atoms with Gasteiger partial charge in [-0.3, -0.25) is 9.79 Å². The molecule has 138 valence electrons. The lowest BCUT2D eigenvalue weighted by molar-refractivity contribution is -0.120. The van der Waals surface area contributed by atoms with Crippen LogP contribution in [-0.4, -0.2) is 38.0 Å². The van der Waals surface area contributed by atoms with Gasteiger partial charge in [0, 0.05) is 37.5 Å². The Labute approximate surface area is 167 Å². The van der Waals surface area contributed by atoms with Gasteiger partial charge >= 0.3 is 0 Å². The molecule has 1 aromatic rings. The molecule has 5 nitrogen and oxygen atoms in total. The average molecular weight is 466 g/mol. The van der Waals surface area contributed by atoms with Crippen LogP contribution in [0.25, 0.3) is 0 Å². The van der Waals surface area contributed by atoms with E-state index in [1.54, 1.807) is 11.3 Å². The van der Waals surface area contributed by atoms with Crippen molar-refractivity contribution in [3.8, 4) is 0 Å². The molecule has 1 amide bonds. The topological polar surface area (TPSA) is 65.5 Å². The first-order valence-electron chi connectivity index (χ1n) is 8.46. The Morgan fingerprint density at radius 1 is 1.25 bits per heavy atom. The molecule has 0 saturated heterocycles. The van der Waals surface area contributed by atoms with Crippen molar-refractivity contribution < 1.29 is 4.79 Å². The first-order chi connectivity index (χ1) is 11.2. The monoisotopic (exact) mass is 466 g/mol. The van der Waals surface area contributed by atoms with Crippen LogP contribution in [0.4, 0.5) is 0 Å². The summed E-state index contributed by atoms with van der Waals surface area (Å²) in [5, 5.41) is 11.4. The molecule has 3 N–H and O–H groups in total. The predicted molar refractivity (Wildman–Crippen MR) is 115 cm³/mol. The number of carbonyl (C=O) groups excluding carboxylic acids is 1. The fourth-order valence-electron chi connectivity index (χ4n) is 2.07. The van der Waals surface area contributed by atoms with Crippen LogP contribution >= 0.6 is 35.3 Å². The largest absolute Gasteiger partial charge is 0.357 e.